The number of benzene rings is 1. The molecule has 0 aromatic heterocycles. The SMILES string of the molecule is Cl.O=C(Nc1cc(F)c(I)c(F)c1)C1CNCCO1. The van der Waals surface area contributed by atoms with Crippen LogP contribution in [0.1, 0.15) is 0 Å². The van der Waals surface area contributed by atoms with Gasteiger partial charge in [-0.25, -0.2) is 8.78 Å². The van der Waals surface area contributed by atoms with E-state index in [2.05, 4.69) is 10.6 Å². The maximum Gasteiger partial charge on any atom is 0.254 e. The summed E-state index contributed by atoms with van der Waals surface area (Å²) in [7, 11) is 0. The van der Waals surface area contributed by atoms with Crippen molar-refractivity contribution in [3.8, 4) is 0 Å². The van der Waals surface area contributed by atoms with Gasteiger partial charge in [-0.05, 0) is 34.7 Å². The molecular formula is C11H12ClF2IN2O2. The van der Waals surface area contributed by atoms with E-state index in [4.69, 9.17) is 4.74 Å². The summed E-state index contributed by atoms with van der Waals surface area (Å²) in [6.07, 6.45) is -0.635. The van der Waals surface area contributed by atoms with E-state index in [1.807, 2.05) is 0 Å². The lowest BCUT2D eigenvalue weighted by atomic mass is 10.2. The number of carbonyl (C=O) groups is 1. The standard InChI is InChI=1S/C11H11F2IN2O2.ClH/c12-7-3-6(4-8(13)10(7)14)16-11(17)9-5-15-1-2-18-9;/h3-4,9,15H,1-2,5H2,(H,16,17);1H. The van der Waals surface area contributed by atoms with E-state index < -0.39 is 23.6 Å². The molecule has 0 radical (unpaired) electrons. The summed E-state index contributed by atoms with van der Waals surface area (Å²) in [5, 5.41) is 5.43. The Bertz CT molecular complexity index is 447. The van der Waals surface area contributed by atoms with Gasteiger partial charge in [-0.2, -0.15) is 0 Å². The number of nitrogens with one attached hydrogen (secondary N) is 2. The van der Waals surface area contributed by atoms with E-state index >= 15 is 0 Å². The molecule has 2 rings (SSSR count). The van der Waals surface area contributed by atoms with E-state index in [0.29, 0.717) is 19.7 Å². The van der Waals surface area contributed by atoms with Gasteiger partial charge in [-0.1, -0.05) is 0 Å². The second-order valence-electron chi connectivity index (χ2n) is 3.81. The monoisotopic (exact) mass is 404 g/mol. The number of halogens is 4. The first-order valence-electron chi connectivity index (χ1n) is 5.35. The minimum Gasteiger partial charge on any atom is -0.366 e. The van der Waals surface area contributed by atoms with Gasteiger partial charge >= 0.3 is 0 Å². The lowest BCUT2D eigenvalue weighted by Gasteiger charge is -2.22. The number of hydrogen-bond donors (Lipinski definition) is 2. The lowest BCUT2D eigenvalue weighted by molar-refractivity contribution is -0.128. The zero-order chi connectivity index (χ0) is 13.1. The molecule has 0 spiro atoms. The number of ether oxygens (including phenoxy) is 1. The van der Waals surface area contributed by atoms with Gasteiger partial charge in [0.15, 0.2) is 0 Å². The van der Waals surface area contributed by atoms with E-state index in [-0.39, 0.29) is 21.7 Å². The van der Waals surface area contributed by atoms with Crippen molar-refractivity contribution >= 4 is 46.6 Å². The molecule has 2 N–H and O–H groups in total. The van der Waals surface area contributed by atoms with Gasteiger partial charge in [0.1, 0.15) is 17.7 Å². The van der Waals surface area contributed by atoms with Crippen molar-refractivity contribution < 1.29 is 18.3 Å². The predicted molar refractivity (Wildman–Crippen MR) is 77.6 cm³/mol. The molecule has 1 fully saturated rings. The first kappa shape index (κ1) is 16.5. The predicted octanol–water partition coefficient (Wildman–Crippen LogP) is 1.92. The van der Waals surface area contributed by atoms with Gasteiger partial charge < -0.3 is 15.4 Å². The number of morpholine rings is 1. The van der Waals surface area contributed by atoms with Crippen molar-refractivity contribution in [3.63, 3.8) is 0 Å². The summed E-state index contributed by atoms with van der Waals surface area (Å²) in [6.45, 7) is 1.52. The highest BCUT2D eigenvalue weighted by Gasteiger charge is 2.22. The van der Waals surface area contributed by atoms with Crippen molar-refractivity contribution in [1.29, 1.82) is 0 Å². The Hall–Kier alpha value is -0.510. The van der Waals surface area contributed by atoms with Crippen LogP contribution in [-0.4, -0.2) is 31.7 Å². The zero-order valence-electron chi connectivity index (χ0n) is 9.71. The minimum absolute atomic E-state index is 0. The molecule has 1 aliphatic rings. The molecular weight excluding hydrogens is 392 g/mol. The fourth-order valence-electron chi connectivity index (χ4n) is 1.58. The zero-order valence-corrected chi connectivity index (χ0v) is 12.7. The molecule has 1 unspecified atom stereocenters. The van der Waals surface area contributed by atoms with Crippen LogP contribution in [-0.2, 0) is 9.53 Å². The molecule has 106 valence electrons. The summed E-state index contributed by atoms with van der Waals surface area (Å²) < 4.78 is 31.7. The van der Waals surface area contributed by atoms with Gasteiger partial charge in [-0.15, -0.1) is 12.4 Å². The highest BCUT2D eigenvalue weighted by molar-refractivity contribution is 14.1. The molecule has 1 saturated heterocycles. The largest absolute Gasteiger partial charge is 0.366 e. The molecule has 1 aliphatic heterocycles. The van der Waals surface area contributed by atoms with Gasteiger partial charge in [0, 0.05) is 18.8 Å². The molecule has 1 heterocycles. The Morgan fingerprint density at radius 3 is 2.58 bits per heavy atom. The van der Waals surface area contributed by atoms with E-state index in [9.17, 15) is 13.6 Å². The Kier molecular flexibility index (Phi) is 6.37. The summed E-state index contributed by atoms with van der Waals surface area (Å²) in [4.78, 5) is 11.8. The quantitative estimate of drug-likeness (QED) is 0.585. The molecule has 8 heteroatoms. The van der Waals surface area contributed by atoms with Crippen LogP contribution >= 0.6 is 35.0 Å². The number of carbonyl (C=O) groups excluding carboxylic acids is 1. The fraction of sp³-hybridized carbons (Fsp3) is 0.364. The summed E-state index contributed by atoms with van der Waals surface area (Å²) in [5.74, 6) is -1.82. The normalized spacial score (nSPS) is 18.6. The lowest BCUT2D eigenvalue weighted by Crippen LogP contribution is -2.45. The molecule has 0 bridgehead atoms. The van der Waals surface area contributed by atoms with Crippen LogP contribution in [0.3, 0.4) is 0 Å². The number of amides is 1. The topological polar surface area (TPSA) is 50.4 Å². The van der Waals surface area contributed by atoms with Crippen LogP contribution in [0, 0.1) is 15.2 Å². The van der Waals surface area contributed by atoms with E-state index in [1.165, 1.54) is 0 Å². The first-order chi connectivity index (χ1) is 8.58. The Morgan fingerprint density at radius 1 is 1.42 bits per heavy atom. The number of hydrogen-bond acceptors (Lipinski definition) is 3. The summed E-state index contributed by atoms with van der Waals surface area (Å²) >= 11 is 1.57. The highest BCUT2D eigenvalue weighted by Crippen LogP contribution is 2.20. The van der Waals surface area contributed by atoms with Crippen LogP contribution in [0.4, 0.5) is 14.5 Å². The summed E-state index contributed by atoms with van der Waals surface area (Å²) in [5.41, 5.74) is 0.0876. The Morgan fingerprint density at radius 2 is 2.05 bits per heavy atom. The molecule has 1 amide bonds. The second kappa shape index (κ2) is 7.32. The van der Waals surface area contributed by atoms with Crippen molar-refractivity contribution in [1.82, 2.24) is 5.32 Å². The van der Waals surface area contributed by atoms with Crippen LogP contribution < -0.4 is 10.6 Å². The first-order valence-corrected chi connectivity index (χ1v) is 6.43. The number of anilines is 1. The van der Waals surface area contributed by atoms with Crippen LogP contribution in [0.2, 0.25) is 0 Å². The third-order valence-electron chi connectivity index (χ3n) is 2.47. The second-order valence-corrected chi connectivity index (χ2v) is 4.89. The number of rotatable bonds is 2. The van der Waals surface area contributed by atoms with Gasteiger partial charge in [0.2, 0.25) is 0 Å². The maximum absolute atomic E-state index is 13.3. The molecule has 0 aliphatic carbocycles. The third kappa shape index (κ3) is 4.23. The van der Waals surface area contributed by atoms with Gasteiger partial charge in [0.05, 0.1) is 10.2 Å². The van der Waals surface area contributed by atoms with Crippen LogP contribution in [0.5, 0.6) is 0 Å². The van der Waals surface area contributed by atoms with Crippen LogP contribution in [0.15, 0.2) is 12.1 Å². The van der Waals surface area contributed by atoms with Crippen molar-refractivity contribution in [3.05, 3.63) is 27.3 Å². The highest BCUT2D eigenvalue weighted by atomic mass is 127. The van der Waals surface area contributed by atoms with Crippen molar-refractivity contribution in [2.24, 2.45) is 0 Å². The van der Waals surface area contributed by atoms with E-state index in [1.54, 1.807) is 22.6 Å². The third-order valence-corrected chi connectivity index (χ3v) is 3.50. The van der Waals surface area contributed by atoms with Crippen molar-refractivity contribution in [2.75, 3.05) is 25.0 Å². The average Bonchev–Trinajstić information content (AvgIpc) is 2.37. The smallest absolute Gasteiger partial charge is 0.254 e. The Labute approximate surface area is 128 Å². The average molecular weight is 405 g/mol. The molecule has 0 saturated carbocycles. The van der Waals surface area contributed by atoms with Gasteiger partial charge in [0.25, 0.3) is 5.91 Å². The molecule has 19 heavy (non-hydrogen) atoms. The molecule has 1 atom stereocenters. The molecule has 4 nitrogen and oxygen atoms in total. The molecule has 1 aromatic rings. The van der Waals surface area contributed by atoms with E-state index in [0.717, 1.165) is 12.1 Å². The Balaban J connectivity index is 0.00000180. The van der Waals surface area contributed by atoms with Crippen LogP contribution in [0.25, 0.3) is 0 Å². The fourth-order valence-corrected chi connectivity index (χ4v) is 1.90. The maximum atomic E-state index is 13.3. The minimum atomic E-state index is -0.700. The summed E-state index contributed by atoms with van der Waals surface area (Å²) in [6, 6.07) is 2.16. The van der Waals surface area contributed by atoms with Crippen molar-refractivity contribution in [2.45, 2.75) is 6.10 Å². The molecule has 1 aromatic carbocycles. The van der Waals surface area contributed by atoms with Gasteiger partial charge in [-0.3, -0.25) is 4.79 Å².